The molecule has 20 heavy (non-hydrogen) atoms. The van der Waals surface area contributed by atoms with Crippen molar-refractivity contribution in [1.82, 2.24) is 14.6 Å². The summed E-state index contributed by atoms with van der Waals surface area (Å²) in [4.78, 5) is 4.47. The Labute approximate surface area is 125 Å². The van der Waals surface area contributed by atoms with Gasteiger partial charge in [-0.1, -0.05) is 20.8 Å². The molecule has 0 amide bonds. The quantitative estimate of drug-likeness (QED) is 0.788. The van der Waals surface area contributed by atoms with Crippen LogP contribution in [0.4, 0.5) is 5.82 Å². The summed E-state index contributed by atoms with van der Waals surface area (Å²) in [7, 11) is 0. The first-order valence-corrected chi connectivity index (χ1v) is 8.45. The highest BCUT2D eigenvalue weighted by molar-refractivity contribution is 7.99. The van der Waals surface area contributed by atoms with Gasteiger partial charge in [0, 0.05) is 18.4 Å². The zero-order valence-corrected chi connectivity index (χ0v) is 13.6. The van der Waals surface area contributed by atoms with Gasteiger partial charge >= 0.3 is 0 Å². The van der Waals surface area contributed by atoms with E-state index in [9.17, 15) is 0 Å². The molecule has 0 fully saturated rings. The van der Waals surface area contributed by atoms with Gasteiger partial charge in [0.05, 0.1) is 5.69 Å². The van der Waals surface area contributed by atoms with E-state index in [1.54, 1.807) is 6.20 Å². The van der Waals surface area contributed by atoms with Crippen molar-refractivity contribution in [2.24, 2.45) is 0 Å². The molecule has 1 N–H and O–H groups in total. The molecule has 2 heterocycles. The minimum Gasteiger partial charge on any atom is -0.366 e. The summed E-state index contributed by atoms with van der Waals surface area (Å²) < 4.78 is 1.91. The second-order valence-electron chi connectivity index (χ2n) is 5.36. The van der Waals surface area contributed by atoms with E-state index in [4.69, 9.17) is 0 Å². The van der Waals surface area contributed by atoms with Crippen LogP contribution in [0.25, 0.3) is 5.52 Å². The van der Waals surface area contributed by atoms with Crippen LogP contribution in [-0.2, 0) is 0 Å². The van der Waals surface area contributed by atoms with Gasteiger partial charge in [-0.05, 0) is 36.8 Å². The lowest BCUT2D eigenvalue weighted by molar-refractivity contribution is 0.763. The van der Waals surface area contributed by atoms with Crippen LogP contribution in [0.2, 0.25) is 0 Å². The minimum absolute atomic E-state index is 0.421. The molecule has 0 aromatic carbocycles. The summed E-state index contributed by atoms with van der Waals surface area (Å²) in [5, 5.41) is 8.10. The van der Waals surface area contributed by atoms with Crippen molar-refractivity contribution in [3.63, 3.8) is 0 Å². The first kappa shape index (κ1) is 15.2. The molecule has 0 saturated heterocycles. The Kier molecular flexibility index (Phi) is 5.29. The number of hydrogen-bond donors (Lipinski definition) is 1. The predicted octanol–water partition coefficient (Wildman–Crippen LogP) is 3.80. The predicted molar refractivity (Wildman–Crippen MR) is 87.8 cm³/mol. The molecular weight excluding hydrogens is 268 g/mol. The molecule has 0 spiro atoms. The Hall–Kier alpha value is -1.23. The standard InChI is InChI=1S/C15H24N4S/c1-5-20-9-6-12(4)17-15-14-10-13(11(2)3)18-19(14)8-7-16-15/h7-8,10-12H,5-6,9H2,1-4H3,(H,16,17). The number of anilines is 1. The van der Waals surface area contributed by atoms with Crippen molar-refractivity contribution in [2.45, 2.75) is 46.1 Å². The van der Waals surface area contributed by atoms with Crippen LogP contribution in [0, 0.1) is 0 Å². The molecule has 110 valence electrons. The van der Waals surface area contributed by atoms with Crippen molar-refractivity contribution in [3.8, 4) is 0 Å². The lowest BCUT2D eigenvalue weighted by Gasteiger charge is -2.14. The first-order chi connectivity index (χ1) is 9.61. The highest BCUT2D eigenvalue weighted by Crippen LogP contribution is 2.20. The van der Waals surface area contributed by atoms with E-state index in [1.165, 1.54) is 11.5 Å². The zero-order chi connectivity index (χ0) is 14.5. The molecule has 1 atom stereocenters. The van der Waals surface area contributed by atoms with E-state index in [0.717, 1.165) is 23.4 Å². The van der Waals surface area contributed by atoms with Crippen molar-refractivity contribution in [3.05, 3.63) is 24.2 Å². The normalized spacial score (nSPS) is 13.1. The van der Waals surface area contributed by atoms with Crippen molar-refractivity contribution in [2.75, 3.05) is 16.8 Å². The van der Waals surface area contributed by atoms with Crippen molar-refractivity contribution in [1.29, 1.82) is 0 Å². The Morgan fingerprint density at radius 1 is 1.35 bits per heavy atom. The third-order valence-corrected chi connectivity index (χ3v) is 4.22. The summed E-state index contributed by atoms with van der Waals surface area (Å²) in [5.41, 5.74) is 2.17. The van der Waals surface area contributed by atoms with Gasteiger partial charge in [0.15, 0.2) is 5.82 Å². The maximum Gasteiger partial charge on any atom is 0.152 e. The molecule has 2 aromatic rings. The molecular formula is C15H24N4S. The number of nitrogens with zero attached hydrogens (tertiary/aromatic N) is 3. The van der Waals surface area contributed by atoms with E-state index in [0.29, 0.717) is 12.0 Å². The molecule has 0 aliphatic rings. The van der Waals surface area contributed by atoms with E-state index >= 15 is 0 Å². The van der Waals surface area contributed by atoms with Crippen LogP contribution in [0.15, 0.2) is 18.5 Å². The van der Waals surface area contributed by atoms with Crippen LogP contribution >= 0.6 is 11.8 Å². The molecule has 0 aliphatic carbocycles. The van der Waals surface area contributed by atoms with Crippen molar-refractivity contribution >= 4 is 23.1 Å². The SMILES string of the molecule is CCSCCC(C)Nc1nccn2nc(C(C)C)cc12. The smallest absolute Gasteiger partial charge is 0.152 e. The average Bonchev–Trinajstić information content (AvgIpc) is 2.84. The largest absolute Gasteiger partial charge is 0.366 e. The fraction of sp³-hybridized carbons (Fsp3) is 0.600. The van der Waals surface area contributed by atoms with E-state index in [1.807, 2.05) is 22.5 Å². The van der Waals surface area contributed by atoms with Crippen molar-refractivity contribution < 1.29 is 0 Å². The summed E-state index contributed by atoms with van der Waals surface area (Å²) in [6.07, 6.45) is 4.86. The van der Waals surface area contributed by atoms with Crippen LogP contribution in [0.5, 0.6) is 0 Å². The summed E-state index contributed by atoms with van der Waals surface area (Å²) in [6, 6.07) is 2.55. The third-order valence-electron chi connectivity index (χ3n) is 3.28. The van der Waals surface area contributed by atoms with Gasteiger partial charge in [-0.3, -0.25) is 0 Å². The van der Waals surface area contributed by atoms with Gasteiger partial charge < -0.3 is 5.32 Å². The summed E-state index contributed by atoms with van der Waals surface area (Å²) >= 11 is 1.98. The lowest BCUT2D eigenvalue weighted by atomic mass is 10.1. The van der Waals surface area contributed by atoms with Gasteiger partial charge in [0.25, 0.3) is 0 Å². The van der Waals surface area contributed by atoms with Crippen LogP contribution < -0.4 is 5.32 Å². The Balaban J connectivity index is 2.13. The zero-order valence-electron chi connectivity index (χ0n) is 12.8. The van der Waals surface area contributed by atoms with Gasteiger partial charge in [-0.15, -0.1) is 0 Å². The van der Waals surface area contributed by atoms with Crippen LogP contribution in [0.1, 0.15) is 45.7 Å². The Morgan fingerprint density at radius 2 is 2.15 bits per heavy atom. The number of thioether (sulfide) groups is 1. The van der Waals surface area contributed by atoms with Crippen LogP contribution in [-0.4, -0.2) is 32.1 Å². The second-order valence-corrected chi connectivity index (χ2v) is 6.75. The van der Waals surface area contributed by atoms with E-state index in [2.05, 4.69) is 49.2 Å². The highest BCUT2D eigenvalue weighted by Gasteiger charge is 2.11. The number of nitrogens with one attached hydrogen (secondary N) is 1. The number of hydrogen-bond acceptors (Lipinski definition) is 4. The third kappa shape index (κ3) is 3.66. The molecule has 2 aromatic heterocycles. The second kappa shape index (κ2) is 6.97. The lowest BCUT2D eigenvalue weighted by Crippen LogP contribution is -2.17. The molecule has 0 aliphatic heterocycles. The Morgan fingerprint density at radius 3 is 2.85 bits per heavy atom. The molecule has 2 rings (SSSR count). The van der Waals surface area contributed by atoms with Gasteiger partial charge in [-0.25, -0.2) is 9.50 Å². The number of rotatable bonds is 7. The fourth-order valence-electron chi connectivity index (χ4n) is 2.04. The topological polar surface area (TPSA) is 42.2 Å². The average molecular weight is 292 g/mol. The summed E-state index contributed by atoms with van der Waals surface area (Å²) in [6.45, 7) is 8.73. The fourth-order valence-corrected chi connectivity index (χ4v) is 2.85. The number of aromatic nitrogens is 3. The number of fused-ring (bicyclic) bond motifs is 1. The van der Waals surface area contributed by atoms with E-state index < -0.39 is 0 Å². The minimum atomic E-state index is 0.421. The van der Waals surface area contributed by atoms with E-state index in [-0.39, 0.29) is 0 Å². The molecule has 0 radical (unpaired) electrons. The van der Waals surface area contributed by atoms with Gasteiger partial charge in [-0.2, -0.15) is 16.9 Å². The maximum absolute atomic E-state index is 4.59. The summed E-state index contributed by atoms with van der Waals surface area (Å²) in [5.74, 6) is 3.73. The molecule has 0 saturated carbocycles. The molecule has 1 unspecified atom stereocenters. The molecule has 0 bridgehead atoms. The Bertz CT molecular complexity index is 550. The molecule has 4 nitrogen and oxygen atoms in total. The highest BCUT2D eigenvalue weighted by atomic mass is 32.2. The first-order valence-electron chi connectivity index (χ1n) is 7.30. The van der Waals surface area contributed by atoms with Gasteiger partial charge in [0.1, 0.15) is 5.52 Å². The molecule has 5 heteroatoms. The van der Waals surface area contributed by atoms with Crippen LogP contribution in [0.3, 0.4) is 0 Å². The maximum atomic E-state index is 4.59. The monoisotopic (exact) mass is 292 g/mol. The van der Waals surface area contributed by atoms with Gasteiger partial charge in [0.2, 0.25) is 0 Å².